The molecule has 0 saturated carbocycles. The zero-order valence-corrected chi connectivity index (χ0v) is 23.9. The molecule has 1 saturated heterocycles. The lowest BCUT2D eigenvalue weighted by Crippen LogP contribution is -2.32. The summed E-state index contributed by atoms with van der Waals surface area (Å²) < 4.78 is 11.8. The van der Waals surface area contributed by atoms with Crippen LogP contribution in [0.25, 0.3) is 6.08 Å². The van der Waals surface area contributed by atoms with Crippen LogP contribution in [0.3, 0.4) is 0 Å². The van der Waals surface area contributed by atoms with Gasteiger partial charge in [0.05, 0.1) is 20.9 Å². The van der Waals surface area contributed by atoms with Gasteiger partial charge in [-0.1, -0.05) is 47.5 Å². The van der Waals surface area contributed by atoms with Gasteiger partial charge in [0.15, 0.2) is 6.61 Å². The molecule has 196 valence electrons. The molecule has 7 nitrogen and oxygen atoms in total. The van der Waals surface area contributed by atoms with Gasteiger partial charge in [-0.2, -0.15) is 0 Å². The number of nitrogens with zero attached hydrogens (tertiary/aromatic N) is 1. The number of anilines is 1. The van der Waals surface area contributed by atoms with E-state index in [4.69, 9.17) is 32.7 Å². The van der Waals surface area contributed by atoms with Crippen LogP contribution in [0.4, 0.5) is 10.5 Å². The van der Waals surface area contributed by atoms with Crippen LogP contribution in [0.15, 0.2) is 70.0 Å². The van der Waals surface area contributed by atoms with Crippen LogP contribution in [0, 0.1) is 6.92 Å². The molecule has 0 aliphatic carbocycles. The quantitative estimate of drug-likeness (QED) is 0.250. The first kappa shape index (κ1) is 28.0. The number of hydrogen-bond acceptors (Lipinski definition) is 6. The first-order valence-corrected chi connectivity index (χ1v) is 13.7. The van der Waals surface area contributed by atoms with Gasteiger partial charge in [0, 0.05) is 10.7 Å². The van der Waals surface area contributed by atoms with Gasteiger partial charge in [0.25, 0.3) is 17.1 Å². The Hall–Kier alpha value is -2.98. The van der Waals surface area contributed by atoms with Gasteiger partial charge in [0.2, 0.25) is 0 Å². The number of aryl methyl sites for hydroxylation is 1. The Morgan fingerprint density at radius 3 is 2.55 bits per heavy atom. The predicted molar refractivity (Wildman–Crippen MR) is 154 cm³/mol. The van der Waals surface area contributed by atoms with Crippen LogP contribution in [-0.4, -0.2) is 41.7 Å². The van der Waals surface area contributed by atoms with E-state index in [9.17, 15) is 14.4 Å². The number of benzene rings is 3. The molecule has 0 unspecified atom stereocenters. The lowest BCUT2D eigenvalue weighted by atomic mass is 10.2. The minimum absolute atomic E-state index is 0.0978. The Labute approximate surface area is 242 Å². The number of nitrogens with one attached hydrogen (secondary N) is 1. The van der Waals surface area contributed by atoms with E-state index in [1.165, 1.54) is 0 Å². The van der Waals surface area contributed by atoms with Crippen molar-refractivity contribution in [1.29, 1.82) is 0 Å². The largest absolute Gasteiger partial charge is 0.490 e. The molecule has 1 aliphatic heterocycles. The third-order valence-electron chi connectivity index (χ3n) is 5.35. The standard InChI is InChI=1S/C27H21BrCl2N2O5S/c1-16-6-8-18(14-21(16)30)31-25(33)15-37-22-9-7-17(12-19(22)28)13-24-26(34)32(27(35)38-24)10-11-36-23-5-3-2-4-20(23)29/h2-9,12-14H,10-11,15H2,1H3,(H,31,33)/b24-13-. The summed E-state index contributed by atoms with van der Waals surface area (Å²) >= 11 is 16.5. The fourth-order valence-corrected chi connectivity index (χ4v) is 5.13. The molecule has 1 N–H and O–H groups in total. The molecule has 0 radical (unpaired) electrons. The smallest absolute Gasteiger partial charge is 0.293 e. The lowest BCUT2D eigenvalue weighted by molar-refractivity contribution is -0.123. The topological polar surface area (TPSA) is 84.9 Å². The van der Waals surface area contributed by atoms with Crippen LogP contribution in [-0.2, 0) is 9.59 Å². The zero-order valence-electron chi connectivity index (χ0n) is 20.0. The van der Waals surface area contributed by atoms with Crippen molar-refractivity contribution in [2.24, 2.45) is 0 Å². The summed E-state index contributed by atoms with van der Waals surface area (Å²) in [4.78, 5) is 38.9. The van der Waals surface area contributed by atoms with Crippen molar-refractivity contribution in [3.8, 4) is 11.5 Å². The number of carbonyl (C=O) groups excluding carboxylic acids is 3. The first-order chi connectivity index (χ1) is 18.2. The Morgan fingerprint density at radius 2 is 1.82 bits per heavy atom. The number of amides is 3. The predicted octanol–water partition coefficient (Wildman–Crippen LogP) is 7.20. The van der Waals surface area contributed by atoms with Crippen molar-refractivity contribution >= 4 is 79.7 Å². The molecule has 0 atom stereocenters. The molecule has 4 rings (SSSR count). The minimum atomic E-state index is -0.396. The zero-order chi connectivity index (χ0) is 27.2. The van der Waals surface area contributed by atoms with Crippen LogP contribution >= 0.6 is 50.9 Å². The highest BCUT2D eigenvalue weighted by Crippen LogP contribution is 2.34. The molecule has 1 heterocycles. The van der Waals surface area contributed by atoms with Crippen molar-refractivity contribution in [2.75, 3.05) is 25.1 Å². The number of carbonyl (C=O) groups is 3. The van der Waals surface area contributed by atoms with E-state index < -0.39 is 5.91 Å². The van der Waals surface area contributed by atoms with Gasteiger partial charge >= 0.3 is 0 Å². The number of ether oxygens (including phenoxy) is 2. The van der Waals surface area contributed by atoms with Gasteiger partial charge in [-0.15, -0.1) is 0 Å². The maximum atomic E-state index is 12.8. The average molecular weight is 636 g/mol. The molecule has 0 spiro atoms. The number of hydrogen-bond donors (Lipinski definition) is 1. The molecule has 3 aromatic carbocycles. The fourth-order valence-electron chi connectivity index (χ4n) is 3.39. The normalized spacial score (nSPS) is 14.2. The molecular formula is C27H21BrCl2N2O5S. The van der Waals surface area contributed by atoms with E-state index in [2.05, 4.69) is 21.2 Å². The monoisotopic (exact) mass is 634 g/mol. The summed E-state index contributed by atoms with van der Waals surface area (Å²) in [5, 5.41) is 3.38. The van der Waals surface area contributed by atoms with Gasteiger partial charge in [-0.05, 0) is 88.2 Å². The van der Waals surface area contributed by atoms with E-state index in [0.717, 1.165) is 22.2 Å². The van der Waals surface area contributed by atoms with E-state index in [1.807, 2.05) is 13.0 Å². The molecule has 1 aliphatic rings. The molecule has 0 bridgehead atoms. The first-order valence-electron chi connectivity index (χ1n) is 11.3. The highest BCUT2D eigenvalue weighted by Gasteiger charge is 2.34. The number of thioether (sulfide) groups is 1. The highest BCUT2D eigenvalue weighted by atomic mass is 79.9. The van der Waals surface area contributed by atoms with Gasteiger partial charge in [-0.25, -0.2) is 0 Å². The molecule has 3 amide bonds. The molecule has 0 aromatic heterocycles. The van der Waals surface area contributed by atoms with Gasteiger partial charge in [-0.3, -0.25) is 19.3 Å². The molecule has 1 fully saturated rings. The SMILES string of the molecule is Cc1ccc(NC(=O)COc2ccc(/C=C3\SC(=O)N(CCOc4ccccc4Cl)C3=O)cc2Br)cc1Cl. The second-order valence-corrected chi connectivity index (χ2v) is 10.8. The summed E-state index contributed by atoms with van der Waals surface area (Å²) in [5.41, 5.74) is 2.17. The number of imide groups is 1. The van der Waals surface area contributed by atoms with Crippen LogP contribution in [0.5, 0.6) is 11.5 Å². The summed E-state index contributed by atoms with van der Waals surface area (Å²) in [6.45, 7) is 1.89. The third kappa shape index (κ3) is 7.11. The van der Waals surface area contributed by atoms with Gasteiger partial charge in [0.1, 0.15) is 18.1 Å². The number of para-hydroxylation sites is 1. The summed E-state index contributed by atoms with van der Waals surface area (Å²) in [6, 6.07) is 17.4. The van der Waals surface area contributed by atoms with Crippen molar-refractivity contribution in [3.63, 3.8) is 0 Å². The highest BCUT2D eigenvalue weighted by molar-refractivity contribution is 9.10. The minimum Gasteiger partial charge on any atom is -0.490 e. The molecule has 3 aromatic rings. The Bertz CT molecular complexity index is 1430. The second kappa shape index (κ2) is 12.7. The van der Waals surface area contributed by atoms with E-state index >= 15 is 0 Å². The summed E-state index contributed by atoms with van der Waals surface area (Å²) in [6.07, 6.45) is 1.63. The number of halogens is 3. The van der Waals surface area contributed by atoms with Crippen molar-refractivity contribution in [3.05, 3.63) is 91.2 Å². The molecule has 11 heteroatoms. The van der Waals surface area contributed by atoms with Crippen LogP contribution in [0.1, 0.15) is 11.1 Å². The number of rotatable bonds is 9. The summed E-state index contributed by atoms with van der Waals surface area (Å²) in [7, 11) is 0. The fraction of sp³-hybridized carbons (Fsp3) is 0.148. The van der Waals surface area contributed by atoms with Gasteiger partial charge < -0.3 is 14.8 Å². The average Bonchev–Trinajstić information content (AvgIpc) is 3.14. The maximum Gasteiger partial charge on any atom is 0.293 e. The van der Waals surface area contributed by atoms with Crippen molar-refractivity contribution in [1.82, 2.24) is 4.90 Å². The van der Waals surface area contributed by atoms with Crippen molar-refractivity contribution < 1.29 is 23.9 Å². The molecular weight excluding hydrogens is 615 g/mol. The Balaban J connectivity index is 1.32. The van der Waals surface area contributed by atoms with Crippen molar-refractivity contribution in [2.45, 2.75) is 6.92 Å². The Morgan fingerprint density at radius 1 is 1.03 bits per heavy atom. The Kier molecular flexibility index (Phi) is 9.38. The van der Waals surface area contributed by atoms with Crippen LogP contribution < -0.4 is 14.8 Å². The summed E-state index contributed by atoms with van der Waals surface area (Å²) in [5.74, 6) is 0.199. The van der Waals surface area contributed by atoms with E-state index in [1.54, 1.807) is 60.7 Å². The third-order valence-corrected chi connectivity index (χ3v) is 7.60. The second-order valence-electron chi connectivity index (χ2n) is 8.10. The van der Waals surface area contributed by atoms with E-state index in [-0.39, 0.29) is 30.9 Å². The molecule has 38 heavy (non-hydrogen) atoms. The maximum absolute atomic E-state index is 12.8. The van der Waals surface area contributed by atoms with Crippen LogP contribution in [0.2, 0.25) is 10.0 Å². The van der Waals surface area contributed by atoms with E-state index in [0.29, 0.717) is 42.2 Å². The lowest BCUT2D eigenvalue weighted by Gasteiger charge is -2.13.